The summed E-state index contributed by atoms with van der Waals surface area (Å²) in [6, 6.07) is 17.0. The molecule has 0 saturated carbocycles. The fraction of sp³-hybridized carbons (Fsp3) is 0.174. The number of thioether (sulfide) groups is 1. The summed E-state index contributed by atoms with van der Waals surface area (Å²) in [5.74, 6) is -0.479. The number of methoxy groups -OCH3 is 1. The van der Waals surface area contributed by atoms with Crippen molar-refractivity contribution < 1.29 is 9.53 Å². The first-order valence-corrected chi connectivity index (χ1v) is 11.4. The second kappa shape index (κ2) is 8.45. The number of rotatable bonds is 4. The molecule has 4 rings (SSSR count). The first kappa shape index (κ1) is 20.4. The SMILES string of the molecule is COC(=O)C1=C(C)N=c2sc(=Cc3ccccc3)c(=O)n2C1c1ccc(SC)cc1. The number of fused-ring (bicyclic) bond motifs is 1. The van der Waals surface area contributed by atoms with E-state index in [0.717, 1.165) is 16.0 Å². The largest absolute Gasteiger partial charge is 0.466 e. The molecule has 0 saturated heterocycles. The molecule has 152 valence electrons. The maximum Gasteiger partial charge on any atom is 0.338 e. The normalized spacial score (nSPS) is 16.2. The van der Waals surface area contributed by atoms with Crippen LogP contribution in [0.25, 0.3) is 6.08 Å². The fourth-order valence-electron chi connectivity index (χ4n) is 3.49. The predicted octanol–water partition coefficient (Wildman–Crippen LogP) is 3.13. The number of aromatic nitrogens is 1. The molecule has 1 aliphatic rings. The van der Waals surface area contributed by atoms with Crippen LogP contribution < -0.4 is 14.9 Å². The zero-order valence-corrected chi connectivity index (χ0v) is 18.4. The van der Waals surface area contributed by atoms with Crippen molar-refractivity contribution >= 4 is 35.1 Å². The molecule has 0 aliphatic carbocycles. The molecule has 2 aromatic carbocycles. The first-order chi connectivity index (χ1) is 14.5. The van der Waals surface area contributed by atoms with E-state index in [-0.39, 0.29) is 5.56 Å². The highest BCUT2D eigenvalue weighted by Crippen LogP contribution is 2.31. The van der Waals surface area contributed by atoms with Crippen molar-refractivity contribution in [2.75, 3.05) is 13.4 Å². The summed E-state index contributed by atoms with van der Waals surface area (Å²) < 4.78 is 7.21. The summed E-state index contributed by atoms with van der Waals surface area (Å²) in [5, 5.41) is 0. The molecule has 1 atom stereocenters. The molecule has 0 fully saturated rings. The third-order valence-corrected chi connectivity index (χ3v) is 6.68. The minimum absolute atomic E-state index is 0.171. The highest BCUT2D eigenvalue weighted by Gasteiger charge is 2.32. The van der Waals surface area contributed by atoms with Gasteiger partial charge in [-0.3, -0.25) is 9.36 Å². The number of benzene rings is 2. The zero-order valence-electron chi connectivity index (χ0n) is 16.8. The van der Waals surface area contributed by atoms with Gasteiger partial charge in [0.2, 0.25) is 0 Å². The van der Waals surface area contributed by atoms with Gasteiger partial charge in [-0.2, -0.15) is 0 Å². The highest BCUT2D eigenvalue weighted by molar-refractivity contribution is 7.98. The third kappa shape index (κ3) is 3.66. The summed E-state index contributed by atoms with van der Waals surface area (Å²) in [6.45, 7) is 1.78. The molecule has 1 aliphatic heterocycles. The molecule has 30 heavy (non-hydrogen) atoms. The van der Waals surface area contributed by atoms with Crippen LogP contribution in [0.15, 0.2) is 80.5 Å². The van der Waals surface area contributed by atoms with E-state index in [2.05, 4.69) is 4.99 Å². The van der Waals surface area contributed by atoms with Crippen molar-refractivity contribution in [3.63, 3.8) is 0 Å². The summed E-state index contributed by atoms with van der Waals surface area (Å²) in [5.41, 5.74) is 2.55. The van der Waals surface area contributed by atoms with Gasteiger partial charge in [0.05, 0.1) is 29.0 Å². The number of hydrogen-bond donors (Lipinski definition) is 0. The Labute approximate surface area is 182 Å². The van der Waals surface area contributed by atoms with Crippen molar-refractivity contribution in [1.82, 2.24) is 4.57 Å². The highest BCUT2D eigenvalue weighted by atomic mass is 32.2. The maximum atomic E-state index is 13.4. The Kier molecular flexibility index (Phi) is 5.74. The monoisotopic (exact) mass is 436 g/mol. The van der Waals surface area contributed by atoms with Gasteiger partial charge in [-0.1, -0.05) is 53.8 Å². The average molecular weight is 437 g/mol. The number of carbonyl (C=O) groups excluding carboxylic acids is 1. The topological polar surface area (TPSA) is 60.7 Å². The zero-order chi connectivity index (χ0) is 21.3. The van der Waals surface area contributed by atoms with Gasteiger partial charge in [-0.15, -0.1) is 11.8 Å². The molecule has 7 heteroatoms. The second-order valence-corrected chi connectivity index (χ2v) is 8.65. The van der Waals surface area contributed by atoms with Gasteiger partial charge in [-0.25, -0.2) is 9.79 Å². The number of esters is 1. The molecular formula is C23H20N2O3S2. The van der Waals surface area contributed by atoms with Crippen LogP contribution in [0.3, 0.4) is 0 Å². The third-order valence-electron chi connectivity index (χ3n) is 4.96. The first-order valence-electron chi connectivity index (χ1n) is 9.33. The number of nitrogens with zero attached hydrogens (tertiary/aromatic N) is 2. The van der Waals surface area contributed by atoms with Crippen molar-refractivity contribution in [2.24, 2.45) is 4.99 Å². The Morgan fingerprint density at radius 1 is 1.17 bits per heavy atom. The molecule has 1 unspecified atom stereocenters. The molecule has 5 nitrogen and oxygen atoms in total. The van der Waals surface area contributed by atoms with E-state index >= 15 is 0 Å². The van der Waals surface area contributed by atoms with Crippen molar-refractivity contribution in [2.45, 2.75) is 17.9 Å². The smallest absolute Gasteiger partial charge is 0.338 e. The van der Waals surface area contributed by atoms with Crippen LogP contribution in [0.4, 0.5) is 0 Å². The summed E-state index contributed by atoms with van der Waals surface area (Å²) in [7, 11) is 1.34. The second-order valence-electron chi connectivity index (χ2n) is 6.76. The molecule has 3 aromatic rings. The van der Waals surface area contributed by atoms with Crippen LogP contribution in [0, 0.1) is 0 Å². The fourth-order valence-corrected chi connectivity index (χ4v) is 4.95. The lowest BCUT2D eigenvalue weighted by molar-refractivity contribution is -0.136. The quantitative estimate of drug-likeness (QED) is 0.466. The van der Waals surface area contributed by atoms with E-state index in [1.54, 1.807) is 23.3 Å². The van der Waals surface area contributed by atoms with Gasteiger partial charge in [-0.05, 0) is 42.5 Å². The lowest BCUT2D eigenvalue weighted by Crippen LogP contribution is -2.39. The van der Waals surface area contributed by atoms with E-state index < -0.39 is 12.0 Å². The van der Waals surface area contributed by atoms with Crippen molar-refractivity contribution in [3.8, 4) is 0 Å². The van der Waals surface area contributed by atoms with Crippen LogP contribution in [-0.2, 0) is 9.53 Å². The Morgan fingerprint density at radius 3 is 2.50 bits per heavy atom. The summed E-state index contributed by atoms with van der Waals surface area (Å²) in [4.78, 5) is 32.3. The molecule has 2 heterocycles. The minimum Gasteiger partial charge on any atom is -0.466 e. The molecule has 0 spiro atoms. The number of allylic oxidation sites excluding steroid dienone is 1. The standard InChI is InChI=1S/C23H20N2O3S2/c1-14-19(22(27)28-2)20(16-9-11-17(29-3)12-10-16)25-21(26)18(30-23(25)24-14)13-15-7-5-4-6-8-15/h4-13,20H,1-3H3. The van der Waals surface area contributed by atoms with Crippen LogP contribution >= 0.6 is 23.1 Å². The average Bonchev–Trinajstić information content (AvgIpc) is 3.07. The lowest BCUT2D eigenvalue weighted by Gasteiger charge is -2.24. The molecular weight excluding hydrogens is 416 g/mol. The summed E-state index contributed by atoms with van der Waals surface area (Å²) in [6.07, 6.45) is 3.86. The van der Waals surface area contributed by atoms with Gasteiger partial charge in [0.1, 0.15) is 0 Å². The number of thiazole rings is 1. The number of ether oxygens (including phenoxy) is 1. The molecule has 0 radical (unpaired) electrons. The maximum absolute atomic E-state index is 13.4. The predicted molar refractivity (Wildman–Crippen MR) is 120 cm³/mol. The number of hydrogen-bond acceptors (Lipinski definition) is 6. The van der Waals surface area contributed by atoms with E-state index in [1.807, 2.05) is 66.9 Å². The van der Waals surface area contributed by atoms with Crippen LogP contribution in [-0.4, -0.2) is 23.9 Å². The van der Waals surface area contributed by atoms with Crippen LogP contribution in [0.2, 0.25) is 0 Å². The Morgan fingerprint density at radius 2 is 1.87 bits per heavy atom. The van der Waals surface area contributed by atoms with Crippen LogP contribution in [0.1, 0.15) is 24.1 Å². The van der Waals surface area contributed by atoms with Crippen molar-refractivity contribution in [3.05, 3.63) is 96.7 Å². The van der Waals surface area contributed by atoms with Crippen molar-refractivity contribution in [1.29, 1.82) is 0 Å². The van der Waals surface area contributed by atoms with Gasteiger partial charge in [0.15, 0.2) is 4.80 Å². The lowest BCUT2D eigenvalue weighted by atomic mass is 9.96. The van der Waals surface area contributed by atoms with Gasteiger partial charge >= 0.3 is 5.97 Å². The van der Waals surface area contributed by atoms with Gasteiger partial charge in [0, 0.05) is 4.90 Å². The molecule has 1 aromatic heterocycles. The summed E-state index contributed by atoms with van der Waals surface area (Å²) >= 11 is 2.96. The van der Waals surface area contributed by atoms with Gasteiger partial charge in [0.25, 0.3) is 5.56 Å². The molecule has 0 bridgehead atoms. The Balaban J connectivity index is 1.96. The van der Waals surface area contributed by atoms with E-state index in [1.165, 1.54) is 18.4 Å². The van der Waals surface area contributed by atoms with Crippen LogP contribution in [0.5, 0.6) is 0 Å². The Hall–Kier alpha value is -2.90. The molecule has 0 N–H and O–H groups in total. The Bertz CT molecular complexity index is 1300. The minimum atomic E-state index is -0.581. The van der Waals surface area contributed by atoms with Gasteiger partial charge < -0.3 is 4.74 Å². The van der Waals surface area contributed by atoms with E-state index in [0.29, 0.717) is 20.6 Å². The van der Waals surface area contributed by atoms with E-state index in [4.69, 9.17) is 4.74 Å². The number of carbonyl (C=O) groups is 1. The van der Waals surface area contributed by atoms with E-state index in [9.17, 15) is 9.59 Å². The molecule has 0 amide bonds.